The molecule has 0 bridgehead atoms. The summed E-state index contributed by atoms with van der Waals surface area (Å²) in [6, 6.07) is 13.7. The number of nitrogens with zero attached hydrogens (tertiary/aromatic N) is 2. The van der Waals surface area contributed by atoms with Crippen LogP contribution in [0.3, 0.4) is 0 Å². The lowest BCUT2D eigenvalue weighted by Crippen LogP contribution is -2.50. The van der Waals surface area contributed by atoms with E-state index in [0.717, 1.165) is 5.56 Å². The third kappa shape index (κ3) is 4.28. The van der Waals surface area contributed by atoms with Gasteiger partial charge in [-0.3, -0.25) is 4.79 Å². The summed E-state index contributed by atoms with van der Waals surface area (Å²) in [6.45, 7) is 1.29. The summed E-state index contributed by atoms with van der Waals surface area (Å²) < 4.78 is 37.3. The lowest BCUT2D eigenvalue weighted by atomic mass is 10.1. The van der Waals surface area contributed by atoms with E-state index in [0.29, 0.717) is 24.6 Å². The number of hydrogen-bond donors (Lipinski definition) is 0. The van der Waals surface area contributed by atoms with Gasteiger partial charge in [0.1, 0.15) is 11.5 Å². The minimum absolute atomic E-state index is 0.0553. The average molecular weight is 404 g/mol. The van der Waals surface area contributed by atoms with Crippen molar-refractivity contribution in [3.63, 3.8) is 0 Å². The van der Waals surface area contributed by atoms with Gasteiger partial charge in [0.25, 0.3) is 0 Å². The molecule has 1 heterocycles. The van der Waals surface area contributed by atoms with E-state index in [2.05, 4.69) is 0 Å². The van der Waals surface area contributed by atoms with Crippen molar-refractivity contribution < 1.29 is 22.7 Å². The molecule has 7 nitrogen and oxygen atoms in total. The first-order valence-corrected chi connectivity index (χ1v) is 10.4. The number of carbonyl (C=O) groups excluding carboxylic acids is 1. The molecule has 1 amide bonds. The molecule has 150 valence electrons. The summed E-state index contributed by atoms with van der Waals surface area (Å²) >= 11 is 0. The van der Waals surface area contributed by atoms with Crippen LogP contribution in [0.2, 0.25) is 0 Å². The molecule has 1 aliphatic rings. The lowest BCUT2D eigenvalue weighted by molar-refractivity contribution is -0.131. The number of sulfonamides is 1. The first-order chi connectivity index (χ1) is 13.5. The second kappa shape index (κ2) is 8.62. The fourth-order valence-electron chi connectivity index (χ4n) is 3.19. The molecule has 1 saturated heterocycles. The van der Waals surface area contributed by atoms with Crippen molar-refractivity contribution in [1.82, 2.24) is 9.21 Å². The number of ether oxygens (including phenoxy) is 2. The van der Waals surface area contributed by atoms with Gasteiger partial charge >= 0.3 is 0 Å². The van der Waals surface area contributed by atoms with Crippen molar-refractivity contribution >= 4 is 15.9 Å². The number of amides is 1. The first kappa shape index (κ1) is 20.2. The van der Waals surface area contributed by atoms with Gasteiger partial charge in [-0.2, -0.15) is 4.31 Å². The van der Waals surface area contributed by atoms with E-state index >= 15 is 0 Å². The van der Waals surface area contributed by atoms with Gasteiger partial charge in [0.05, 0.1) is 25.5 Å². The number of piperazine rings is 1. The predicted octanol–water partition coefficient (Wildman–Crippen LogP) is 1.78. The van der Waals surface area contributed by atoms with Crippen LogP contribution >= 0.6 is 0 Å². The van der Waals surface area contributed by atoms with Crippen LogP contribution in [-0.2, 0) is 21.2 Å². The summed E-state index contributed by atoms with van der Waals surface area (Å²) in [5, 5.41) is 0. The normalized spacial score (nSPS) is 15.3. The van der Waals surface area contributed by atoms with Crippen LogP contribution in [-0.4, -0.2) is 63.9 Å². The van der Waals surface area contributed by atoms with Crippen molar-refractivity contribution in [1.29, 1.82) is 0 Å². The van der Waals surface area contributed by atoms with Crippen molar-refractivity contribution in [3.05, 3.63) is 54.1 Å². The van der Waals surface area contributed by atoms with Crippen molar-refractivity contribution in [2.75, 3.05) is 40.4 Å². The van der Waals surface area contributed by atoms with Gasteiger partial charge < -0.3 is 14.4 Å². The molecule has 2 aromatic carbocycles. The zero-order chi connectivity index (χ0) is 20.1. The van der Waals surface area contributed by atoms with Gasteiger partial charge in [0.15, 0.2) is 0 Å². The topological polar surface area (TPSA) is 76.2 Å². The van der Waals surface area contributed by atoms with Crippen LogP contribution in [0.1, 0.15) is 5.56 Å². The minimum atomic E-state index is -3.53. The van der Waals surface area contributed by atoms with E-state index < -0.39 is 10.0 Å². The molecular weight excluding hydrogens is 380 g/mol. The van der Waals surface area contributed by atoms with E-state index in [-0.39, 0.29) is 30.3 Å². The maximum absolute atomic E-state index is 12.7. The van der Waals surface area contributed by atoms with Crippen LogP contribution in [0.5, 0.6) is 11.5 Å². The molecule has 0 atom stereocenters. The summed E-state index contributed by atoms with van der Waals surface area (Å²) in [5.74, 6) is 1.20. The van der Waals surface area contributed by atoms with Gasteiger partial charge in [-0.15, -0.1) is 0 Å². The van der Waals surface area contributed by atoms with E-state index in [4.69, 9.17) is 9.47 Å². The zero-order valence-electron chi connectivity index (χ0n) is 16.0. The number of methoxy groups -OCH3 is 2. The summed E-state index contributed by atoms with van der Waals surface area (Å²) in [7, 11) is -0.403. The van der Waals surface area contributed by atoms with Crippen LogP contribution in [0.4, 0.5) is 0 Å². The SMILES string of the molecule is COc1ccc(CC(=O)N2CCN(S(=O)(=O)c3ccccc3)CC2)c(OC)c1. The molecule has 0 aliphatic carbocycles. The number of carbonyl (C=O) groups is 1. The monoisotopic (exact) mass is 404 g/mol. The Morgan fingerprint density at radius 1 is 0.964 bits per heavy atom. The Morgan fingerprint density at radius 2 is 1.64 bits per heavy atom. The Hall–Kier alpha value is -2.58. The van der Waals surface area contributed by atoms with E-state index in [1.165, 1.54) is 4.31 Å². The highest BCUT2D eigenvalue weighted by Crippen LogP contribution is 2.25. The van der Waals surface area contributed by atoms with Crippen LogP contribution in [0.25, 0.3) is 0 Å². The minimum Gasteiger partial charge on any atom is -0.497 e. The quantitative estimate of drug-likeness (QED) is 0.734. The molecule has 0 saturated carbocycles. The highest BCUT2D eigenvalue weighted by Gasteiger charge is 2.30. The molecule has 0 radical (unpaired) electrons. The molecule has 1 fully saturated rings. The molecular formula is C20H24N2O5S. The third-order valence-electron chi connectivity index (χ3n) is 4.81. The molecule has 1 aliphatic heterocycles. The Balaban J connectivity index is 1.63. The largest absolute Gasteiger partial charge is 0.497 e. The maximum Gasteiger partial charge on any atom is 0.243 e. The summed E-state index contributed by atoms with van der Waals surface area (Å²) in [6.07, 6.45) is 0.193. The van der Waals surface area contributed by atoms with Crippen LogP contribution in [0.15, 0.2) is 53.4 Å². The first-order valence-electron chi connectivity index (χ1n) is 8.99. The second-order valence-electron chi connectivity index (χ2n) is 6.45. The van der Waals surface area contributed by atoms with Crippen LogP contribution < -0.4 is 9.47 Å². The Bertz CT molecular complexity index is 923. The van der Waals surface area contributed by atoms with Gasteiger partial charge in [0, 0.05) is 37.8 Å². The Morgan fingerprint density at radius 3 is 2.25 bits per heavy atom. The fourth-order valence-corrected chi connectivity index (χ4v) is 4.64. The van der Waals surface area contributed by atoms with Crippen LogP contribution in [0, 0.1) is 0 Å². The average Bonchev–Trinajstić information content (AvgIpc) is 2.74. The number of rotatable bonds is 6. The maximum atomic E-state index is 12.7. The number of hydrogen-bond acceptors (Lipinski definition) is 5. The zero-order valence-corrected chi connectivity index (χ0v) is 16.8. The van der Waals surface area contributed by atoms with Gasteiger partial charge in [0.2, 0.25) is 15.9 Å². The molecule has 0 unspecified atom stereocenters. The molecule has 2 aromatic rings. The van der Waals surface area contributed by atoms with Crippen molar-refractivity contribution in [2.24, 2.45) is 0 Å². The van der Waals surface area contributed by atoms with Gasteiger partial charge in [-0.25, -0.2) is 8.42 Å². The number of benzene rings is 2. The molecule has 0 spiro atoms. The second-order valence-corrected chi connectivity index (χ2v) is 8.39. The van der Waals surface area contributed by atoms with Crippen molar-refractivity contribution in [2.45, 2.75) is 11.3 Å². The summed E-state index contributed by atoms with van der Waals surface area (Å²) in [4.78, 5) is 14.7. The van der Waals surface area contributed by atoms with Gasteiger partial charge in [-0.1, -0.05) is 24.3 Å². The highest BCUT2D eigenvalue weighted by atomic mass is 32.2. The molecule has 3 rings (SSSR count). The standard InChI is InChI=1S/C20H24N2O5S/c1-26-17-9-8-16(19(15-17)27-2)14-20(23)21-10-12-22(13-11-21)28(24,25)18-6-4-3-5-7-18/h3-9,15H,10-14H2,1-2H3. The molecule has 0 N–H and O–H groups in total. The van der Waals surface area contributed by atoms with E-state index in [9.17, 15) is 13.2 Å². The summed E-state index contributed by atoms with van der Waals surface area (Å²) in [5.41, 5.74) is 0.771. The Labute approximate surface area is 165 Å². The van der Waals surface area contributed by atoms with E-state index in [1.807, 2.05) is 6.07 Å². The predicted molar refractivity (Wildman–Crippen MR) is 105 cm³/mol. The highest BCUT2D eigenvalue weighted by molar-refractivity contribution is 7.89. The molecule has 28 heavy (non-hydrogen) atoms. The third-order valence-corrected chi connectivity index (χ3v) is 6.72. The van der Waals surface area contributed by atoms with Crippen molar-refractivity contribution in [3.8, 4) is 11.5 Å². The van der Waals surface area contributed by atoms with Gasteiger partial charge in [-0.05, 0) is 18.2 Å². The smallest absolute Gasteiger partial charge is 0.243 e. The van der Waals surface area contributed by atoms with E-state index in [1.54, 1.807) is 61.6 Å². The lowest BCUT2D eigenvalue weighted by Gasteiger charge is -2.34. The fraction of sp³-hybridized carbons (Fsp3) is 0.350. The molecule has 8 heteroatoms. The Kier molecular flexibility index (Phi) is 6.21. The molecule has 0 aromatic heterocycles.